The third-order valence-electron chi connectivity index (χ3n) is 4.61. The number of nitrogen functional groups attached to an aromatic ring is 1. The zero-order chi connectivity index (χ0) is 14.0. The lowest BCUT2D eigenvalue weighted by molar-refractivity contribution is -0.0794. The molecular formula is C16H26N2O. The van der Waals surface area contributed by atoms with E-state index in [0.29, 0.717) is 24.2 Å². The smallest absolute Gasteiger partial charge is 0.0722 e. The quantitative estimate of drug-likeness (QED) is 0.880. The minimum atomic E-state index is -0.636. The normalized spacial score (nSPS) is 31.6. The van der Waals surface area contributed by atoms with E-state index in [2.05, 4.69) is 25.8 Å². The molecule has 1 fully saturated rings. The van der Waals surface area contributed by atoms with Crippen molar-refractivity contribution in [2.24, 2.45) is 17.8 Å². The lowest BCUT2D eigenvalue weighted by Gasteiger charge is -2.45. The highest BCUT2D eigenvalue weighted by molar-refractivity contribution is 5.45. The highest BCUT2D eigenvalue weighted by Gasteiger charge is 2.42. The van der Waals surface area contributed by atoms with Gasteiger partial charge in [-0.25, -0.2) is 0 Å². The summed E-state index contributed by atoms with van der Waals surface area (Å²) in [6, 6.07) is 1.81. The maximum Gasteiger partial charge on any atom is 0.0722 e. The minimum Gasteiger partial charge on any atom is -0.398 e. The molecule has 3 nitrogen and oxygen atoms in total. The van der Waals surface area contributed by atoms with Crippen LogP contribution in [-0.4, -0.2) is 15.7 Å². The first-order valence-electron chi connectivity index (χ1n) is 7.33. The molecule has 106 valence electrons. The van der Waals surface area contributed by atoms with Gasteiger partial charge in [-0.15, -0.1) is 0 Å². The number of aliphatic hydroxyl groups is 1. The maximum atomic E-state index is 11.2. The third kappa shape index (κ3) is 3.08. The van der Waals surface area contributed by atoms with Crippen molar-refractivity contribution in [3.05, 3.63) is 24.0 Å². The lowest BCUT2D eigenvalue weighted by Crippen LogP contribution is -2.47. The second-order valence-electron chi connectivity index (χ2n) is 6.59. The van der Waals surface area contributed by atoms with Crippen molar-refractivity contribution in [1.82, 2.24) is 4.98 Å². The molecule has 1 heterocycles. The van der Waals surface area contributed by atoms with Crippen LogP contribution in [-0.2, 0) is 6.42 Å². The van der Waals surface area contributed by atoms with Crippen molar-refractivity contribution >= 4 is 5.69 Å². The van der Waals surface area contributed by atoms with Gasteiger partial charge in [-0.3, -0.25) is 4.98 Å². The fourth-order valence-corrected chi connectivity index (χ4v) is 3.66. The van der Waals surface area contributed by atoms with Crippen molar-refractivity contribution in [2.45, 2.75) is 52.1 Å². The van der Waals surface area contributed by atoms with E-state index < -0.39 is 5.60 Å². The molecule has 2 rings (SSSR count). The molecule has 19 heavy (non-hydrogen) atoms. The highest BCUT2D eigenvalue weighted by atomic mass is 16.3. The van der Waals surface area contributed by atoms with E-state index in [9.17, 15) is 5.11 Å². The van der Waals surface area contributed by atoms with Gasteiger partial charge in [-0.2, -0.15) is 0 Å². The molecule has 0 bridgehead atoms. The van der Waals surface area contributed by atoms with Gasteiger partial charge in [-0.1, -0.05) is 27.2 Å². The Labute approximate surface area is 116 Å². The fraction of sp³-hybridized carbons (Fsp3) is 0.688. The van der Waals surface area contributed by atoms with Crippen LogP contribution in [0.15, 0.2) is 18.5 Å². The molecule has 1 aromatic rings. The van der Waals surface area contributed by atoms with Gasteiger partial charge in [0.15, 0.2) is 0 Å². The molecule has 3 unspecified atom stereocenters. The van der Waals surface area contributed by atoms with Crippen molar-refractivity contribution in [1.29, 1.82) is 0 Å². The number of aromatic nitrogens is 1. The first kappa shape index (κ1) is 14.3. The second kappa shape index (κ2) is 5.49. The number of nitrogens with two attached hydrogens (primary N) is 1. The first-order valence-corrected chi connectivity index (χ1v) is 7.33. The largest absolute Gasteiger partial charge is 0.398 e. The fourth-order valence-electron chi connectivity index (χ4n) is 3.66. The number of anilines is 1. The van der Waals surface area contributed by atoms with E-state index in [1.165, 1.54) is 6.42 Å². The molecule has 1 aliphatic rings. The van der Waals surface area contributed by atoms with E-state index in [0.717, 1.165) is 24.1 Å². The Balaban J connectivity index is 2.24. The van der Waals surface area contributed by atoms with E-state index in [-0.39, 0.29) is 0 Å². The Kier molecular flexibility index (Phi) is 4.14. The Morgan fingerprint density at radius 3 is 2.84 bits per heavy atom. The summed E-state index contributed by atoms with van der Waals surface area (Å²) in [6.45, 7) is 6.64. The zero-order valence-corrected chi connectivity index (χ0v) is 12.3. The van der Waals surface area contributed by atoms with Crippen molar-refractivity contribution in [3.63, 3.8) is 0 Å². The molecule has 3 atom stereocenters. The van der Waals surface area contributed by atoms with Gasteiger partial charge in [-0.05, 0) is 42.2 Å². The minimum absolute atomic E-state index is 0.350. The van der Waals surface area contributed by atoms with Crippen LogP contribution in [0.1, 0.15) is 45.6 Å². The molecule has 0 aliphatic heterocycles. The van der Waals surface area contributed by atoms with Gasteiger partial charge < -0.3 is 10.8 Å². The topological polar surface area (TPSA) is 59.1 Å². The van der Waals surface area contributed by atoms with Crippen molar-refractivity contribution in [3.8, 4) is 0 Å². The summed E-state index contributed by atoms with van der Waals surface area (Å²) in [7, 11) is 0. The van der Waals surface area contributed by atoms with Crippen LogP contribution in [0.3, 0.4) is 0 Å². The molecule has 0 spiro atoms. The van der Waals surface area contributed by atoms with Gasteiger partial charge in [0.25, 0.3) is 0 Å². The van der Waals surface area contributed by atoms with Crippen LogP contribution in [0.4, 0.5) is 5.69 Å². The monoisotopic (exact) mass is 262 g/mol. The Bertz CT molecular complexity index is 433. The van der Waals surface area contributed by atoms with E-state index >= 15 is 0 Å². The summed E-state index contributed by atoms with van der Waals surface area (Å²) in [6.07, 6.45) is 7.31. The van der Waals surface area contributed by atoms with Crippen LogP contribution in [0, 0.1) is 17.8 Å². The summed E-state index contributed by atoms with van der Waals surface area (Å²) in [5, 5.41) is 11.2. The summed E-state index contributed by atoms with van der Waals surface area (Å²) in [5.74, 6) is 1.43. The first-order chi connectivity index (χ1) is 8.92. The van der Waals surface area contributed by atoms with E-state index in [1.54, 1.807) is 12.4 Å². The predicted molar refractivity (Wildman–Crippen MR) is 78.6 cm³/mol. The van der Waals surface area contributed by atoms with Gasteiger partial charge in [0.1, 0.15) is 0 Å². The summed E-state index contributed by atoms with van der Waals surface area (Å²) in [4.78, 5) is 4.14. The Morgan fingerprint density at radius 1 is 1.47 bits per heavy atom. The lowest BCUT2D eigenvalue weighted by atomic mass is 9.65. The van der Waals surface area contributed by atoms with E-state index in [1.807, 2.05) is 6.07 Å². The van der Waals surface area contributed by atoms with Gasteiger partial charge in [0.2, 0.25) is 0 Å². The van der Waals surface area contributed by atoms with Gasteiger partial charge in [0, 0.05) is 24.5 Å². The SMILES string of the molecule is CC1CCC(C(C)C)C(O)(Cc2cnccc2N)C1. The Morgan fingerprint density at radius 2 is 2.21 bits per heavy atom. The Hall–Kier alpha value is -1.09. The molecule has 0 amide bonds. The van der Waals surface area contributed by atoms with Crippen molar-refractivity contribution < 1.29 is 5.11 Å². The molecule has 0 aromatic carbocycles. The number of hydrogen-bond acceptors (Lipinski definition) is 3. The maximum absolute atomic E-state index is 11.2. The van der Waals surface area contributed by atoms with Crippen LogP contribution >= 0.6 is 0 Å². The van der Waals surface area contributed by atoms with Crippen LogP contribution in [0.25, 0.3) is 0 Å². The molecule has 1 saturated carbocycles. The zero-order valence-electron chi connectivity index (χ0n) is 12.3. The molecule has 1 aliphatic carbocycles. The highest BCUT2D eigenvalue weighted by Crippen LogP contribution is 2.43. The number of rotatable bonds is 3. The molecular weight excluding hydrogens is 236 g/mol. The van der Waals surface area contributed by atoms with Gasteiger partial charge >= 0.3 is 0 Å². The van der Waals surface area contributed by atoms with Crippen molar-refractivity contribution in [2.75, 3.05) is 5.73 Å². The predicted octanol–water partition coefficient (Wildman–Crippen LogP) is 3.03. The molecule has 0 radical (unpaired) electrons. The van der Waals surface area contributed by atoms with Crippen LogP contribution in [0.5, 0.6) is 0 Å². The average Bonchev–Trinajstić information content (AvgIpc) is 2.31. The summed E-state index contributed by atoms with van der Waals surface area (Å²) < 4.78 is 0. The van der Waals surface area contributed by atoms with E-state index in [4.69, 9.17) is 5.73 Å². The molecule has 0 saturated heterocycles. The summed E-state index contributed by atoms with van der Waals surface area (Å²) in [5.41, 5.74) is 7.08. The average molecular weight is 262 g/mol. The molecule has 3 N–H and O–H groups in total. The molecule has 3 heteroatoms. The number of pyridine rings is 1. The number of hydrogen-bond donors (Lipinski definition) is 2. The second-order valence-corrected chi connectivity index (χ2v) is 6.59. The summed E-state index contributed by atoms with van der Waals surface area (Å²) >= 11 is 0. The standard InChI is InChI=1S/C16H26N2O/c1-11(2)14-5-4-12(3)8-16(14,19)9-13-10-18-7-6-15(13)17/h6-7,10-12,14,19H,4-5,8-9H2,1-3H3,(H2,17,18). The van der Waals surface area contributed by atoms with Gasteiger partial charge in [0.05, 0.1) is 5.60 Å². The number of nitrogens with zero attached hydrogens (tertiary/aromatic N) is 1. The van der Waals surface area contributed by atoms with Crippen LogP contribution in [0.2, 0.25) is 0 Å². The third-order valence-corrected chi connectivity index (χ3v) is 4.61. The van der Waals surface area contributed by atoms with Crippen LogP contribution < -0.4 is 5.73 Å². The molecule has 1 aromatic heterocycles.